The van der Waals surface area contributed by atoms with Crippen LogP contribution in [0.3, 0.4) is 0 Å². The fourth-order valence-corrected chi connectivity index (χ4v) is 1.17. The third-order valence-corrected chi connectivity index (χ3v) is 1.86. The first kappa shape index (κ1) is 9.92. The van der Waals surface area contributed by atoms with Gasteiger partial charge in [0.1, 0.15) is 0 Å². The fourth-order valence-electron chi connectivity index (χ4n) is 1.17. The van der Waals surface area contributed by atoms with Crippen molar-refractivity contribution in [2.45, 2.75) is 45.3 Å². The van der Waals surface area contributed by atoms with E-state index in [0.29, 0.717) is 0 Å². The monoisotopic (exact) mass is 145 g/mol. The van der Waals surface area contributed by atoms with Gasteiger partial charge in [0.25, 0.3) is 0 Å². The van der Waals surface area contributed by atoms with Crippen LogP contribution in [0.25, 0.3) is 0 Å². The van der Waals surface area contributed by atoms with Gasteiger partial charge in [0.15, 0.2) is 0 Å². The first-order chi connectivity index (χ1) is 4.76. The van der Waals surface area contributed by atoms with E-state index in [1.54, 1.807) is 0 Å². The minimum Gasteiger partial charge on any atom is -0.392 e. The van der Waals surface area contributed by atoms with Gasteiger partial charge in [0.2, 0.25) is 0 Å². The minimum absolute atomic E-state index is 0.167. The van der Waals surface area contributed by atoms with Gasteiger partial charge < -0.3 is 10.4 Å². The van der Waals surface area contributed by atoms with Crippen LogP contribution in [0.5, 0.6) is 0 Å². The Morgan fingerprint density at radius 1 is 1.40 bits per heavy atom. The third-order valence-electron chi connectivity index (χ3n) is 1.86. The molecule has 0 aromatic carbocycles. The number of likely N-dealkylation sites (N-methyl/N-ethyl adjacent to an activating group) is 1. The number of aliphatic hydroxyl groups is 1. The van der Waals surface area contributed by atoms with Crippen LogP contribution in [-0.2, 0) is 0 Å². The molecule has 0 spiro atoms. The molecule has 0 unspecified atom stereocenters. The van der Waals surface area contributed by atoms with Gasteiger partial charge in [-0.3, -0.25) is 0 Å². The Kier molecular flexibility index (Phi) is 5.64. The first-order valence-corrected chi connectivity index (χ1v) is 4.11. The zero-order valence-corrected chi connectivity index (χ0v) is 7.22. The topological polar surface area (TPSA) is 32.3 Å². The molecule has 0 saturated carbocycles. The van der Waals surface area contributed by atoms with E-state index in [4.69, 9.17) is 0 Å². The average Bonchev–Trinajstić information content (AvgIpc) is 1.91. The molecule has 2 heteroatoms. The van der Waals surface area contributed by atoms with Gasteiger partial charge in [0, 0.05) is 6.04 Å². The SMILES string of the molecule is CCC[C@H](O)[C@H](CC)NC. The second kappa shape index (κ2) is 5.69. The lowest BCUT2D eigenvalue weighted by Crippen LogP contribution is -2.36. The van der Waals surface area contributed by atoms with E-state index in [9.17, 15) is 5.11 Å². The summed E-state index contributed by atoms with van der Waals surface area (Å²) >= 11 is 0. The molecule has 0 fully saturated rings. The van der Waals surface area contributed by atoms with Gasteiger partial charge in [-0.25, -0.2) is 0 Å². The molecule has 0 aliphatic heterocycles. The van der Waals surface area contributed by atoms with Crippen molar-refractivity contribution >= 4 is 0 Å². The van der Waals surface area contributed by atoms with Gasteiger partial charge in [-0.1, -0.05) is 20.3 Å². The molecule has 2 nitrogen and oxygen atoms in total. The molecule has 0 amide bonds. The van der Waals surface area contributed by atoms with Crippen LogP contribution in [0, 0.1) is 0 Å². The van der Waals surface area contributed by atoms with E-state index >= 15 is 0 Å². The predicted octanol–water partition coefficient (Wildman–Crippen LogP) is 1.15. The van der Waals surface area contributed by atoms with Crippen molar-refractivity contribution in [3.05, 3.63) is 0 Å². The minimum atomic E-state index is -0.167. The summed E-state index contributed by atoms with van der Waals surface area (Å²) in [5.74, 6) is 0. The summed E-state index contributed by atoms with van der Waals surface area (Å²) in [4.78, 5) is 0. The molecule has 62 valence electrons. The van der Waals surface area contributed by atoms with Crippen LogP contribution in [0.2, 0.25) is 0 Å². The van der Waals surface area contributed by atoms with Gasteiger partial charge in [-0.15, -0.1) is 0 Å². The van der Waals surface area contributed by atoms with Crippen LogP contribution < -0.4 is 5.32 Å². The van der Waals surface area contributed by atoms with Crippen molar-refractivity contribution in [1.29, 1.82) is 0 Å². The van der Waals surface area contributed by atoms with Gasteiger partial charge >= 0.3 is 0 Å². The Balaban J connectivity index is 3.53. The molecule has 10 heavy (non-hydrogen) atoms. The van der Waals surface area contributed by atoms with E-state index in [1.807, 2.05) is 7.05 Å². The third kappa shape index (κ3) is 3.18. The van der Waals surface area contributed by atoms with E-state index in [1.165, 1.54) is 0 Å². The summed E-state index contributed by atoms with van der Waals surface area (Å²) in [5, 5.41) is 12.5. The Bertz CT molecular complexity index is 71.7. The number of hydrogen-bond donors (Lipinski definition) is 2. The van der Waals surface area contributed by atoms with Crippen LogP contribution >= 0.6 is 0 Å². The lowest BCUT2D eigenvalue weighted by atomic mass is 10.0. The highest BCUT2D eigenvalue weighted by Crippen LogP contribution is 2.04. The maximum atomic E-state index is 9.45. The molecular weight excluding hydrogens is 126 g/mol. The first-order valence-electron chi connectivity index (χ1n) is 4.11. The quantitative estimate of drug-likeness (QED) is 0.608. The highest BCUT2D eigenvalue weighted by Gasteiger charge is 2.12. The molecule has 0 saturated heterocycles. The van der Waals surface area contributed by atoms with Crippen molar-refractivity contribution in [1.82, 2.24) is 5.32 Å². The number of nitrogens with one attached hydrogen (secondary N) is 1. The van der Waals surface area contributed by atoms with Crippen LogP contribution in [-0.4, -0.2) is 24.3 Å². The summed E-state index contributed by atoms with van der Waals surface area (Å²) in [6, 6.07) is 0.278. The maximum Gasteiger partial charge on any atom is 0.0692 e. The van der Waals surface area contributed by atoms with Crippen molar-refractivity contribution in [3.8, 4) is 0 Å². The second-order valence-corrected chi connectivity index (χ2v) is 2.66. The molecule has 2 atom stereocenters. The van der Waals surface area contributed by atoms with E-state index in [2.05, 4.69) is 19.2 Å². The van der Waals surface area contributed by atoms with E-state index < -0.39 is 0 Å². The van der Waals surface area contributed by atoms with Crippen LogP contribution in [0.4, 0.5) is 0 Å². The molecule has 0 aliphatic rings. The fraction of sp³-hybridized carbons (Fsp3) is 1.00. The van der Waals surface area contributed by atoms with Gasteiger partial charge in [-0.2, -0.15) is 0 Å². The zero-order chi connectivity index (χ0) is 7.98. The molecule has 0 aliphatic carbocycles. The van der Waals surface area contributed by atoms with Crippen LogP contribution in [0.15, 0.2) is 0 Å². The molecule has 0 rings (SSSR count). The second-order valence-electron chi connectivity index (χ2n) is 2.66. The smallest absolute Gasteiger partial charge is 0.0692 e. The molecule has 0 radical (unpaired) electrons. The Labute approximate surface area is 63.6 Å². The number of rotatable bonds is 5. The van der Waals surface area contributed by atoms with Gasteiger partial charge in [-0.05, 0) is 19.9 Å². The van der Waals surface area contributed by atoms with Crippen molar-refractivity contribution in [2.75, 3.05) is 7.05 Å². The molecule has 0 heterocycles. The highest BCUT2D eigenvalue weighted by molar-refractivity contribution is 4.71. The summed E-state index contributed by atoms with van der Waals surface area (Å²) in [6.07, 6.45) is 2.79. The zero-order valence-electron chi connectivity index (χ0n) is 7.22. The molecule has 2 N–H and O–H groups in total. The largest absolute Gasteiger partial charge is 0.392 e. The van der Waals surface area contributed by atoms with E-state index in [-0.39, 0.29) is 12.1 Å². The summed E-state index contributed by atoms with van der Waals surface area (Å²) < 4.78 is 0. The lowest BCUT2D eigenvalue weighted by Gasteiger charge is -2.19. The predicted molar refractivity (Wildman–Crippen MR) is 44.1 cm³/mol. The Hall–Kier alpha value is -0.0800. The van der Waals surface area contributed by atoms with Crippen molar-refractivity contribution < 1.29 is 5.11 Å². The lowest BCUT2D eigenvalue weighted by molar-refractivity contribution is 0.119. The van der Waals surface area contributed by atoms with Crippen LogP contribution in [0.1, 0.15) is 33.1 Å². The molecule has 0 aromatic rings. The number of aliphatic hydroxyl groups excluding tert-OH is 1. The van der Waals surface area contributed by atoms with E-state index in [0.717, 1.165) is 19.3 Å². The highest BCUT2D eigenvalue weighted by atomic mass is 16.3. The van der Waals surface area contributed by atoms with Crippen molar-refractivity contribution in [2.24, 2.45) is 0 Å². The Morgan fingerprint density at radius 3 is 2.30 bits per heavy atom. The average molecular weight is 145 g/mol. The number of hydrogen-bond acceptors (Lipinski definition) is 2. The summed E-state index contributed by atoms with van der Waals surface area (Å²) in [7, 11) is 1.90. The van der Waals surface area contributed by atoms with Crippen molar-refractivity contribution in [3.63, 3.8) is 0 Å². The summed E-state index contributed by atoms with van der Waals surface area (Å²) in [6.45, 7) is 4.17. The molecule has 0 aromatic heterocycles. The normalized spacial score (nSPS) is 16.8. The summed E-state index contributed by atoms with van der Waals surface area (Å²) in [5.41, 5.74) is 0. The Morgan fingerprint density at radius 2 is 2.00 bits per heavy atom. The maximum absolute atomic E-state index is 9.45. The molecular formula is C8H19NO. The van der Waals surface area contributed by atoms with Gasteiger partial charge in [0.05, 0.1) is 6.10 Å². The molecule has 0 bridgehead atoms. The standard InChI is InChI=1S/C8H19NO/c1-4-6-8(10)7(5-2)9-3/h7-10H,4-6H2,1-3H3/t7-,8-/m0/s1.